The van der Waals surface area contributed by atoms with E-state index in [4.69, 9.17) is 16.0 Å². The standard InChI is InChI=1S/C18H12ClN3O4S2/c19-15-12-8-4-5-9-13(12)27-16(15)17(23)20-18-22-21-14(26-18)10-28(24,25)11-6-2-1-3-7-11/h1-9H,10H2,(H,20,22,23). The predicted molar refractivity (Wildman–Crippen MR) is 106 cm³/mol. The van der Waals surface area contributed by atoms with Crippen LogP contribution in [0.1, 0.15) is 15.6 Å². The summed E-state index contributed by atoms with van der Waals surface area (Å²) in [4.78, 5) is 12.9. The van der Waals surface area contributed by atoms with Gasteiger partial charge in [0.1, 0.15) is 10.6 Å². The molecular weight excluding hydrogens is 422 g/mol. The predicted octanol–water partition coefficient (Wildman–Crippen LogP) is 4.16. The maximum Gasteiger partial charge on any atom is 0.322 e. The molecule has 0 fully saturated rings. The number of hydrogen-bond acceptors (Lipinski definition) is 7. The number of benzene rings is 2. The Hall–Kier alpha value is -2.75. The topological polar surface area (TPSA) is 102 Å². The average molecular weight is 434 g/mol. The molecule has 0 saturated carbocycles. The number of thiophene rings is 1. The van der Waals surface area contributed by atoms with E-state index in [1.54, 1.807) is 18.2 Å². The summed E-state index contributed by atoms with van der Waals surface area (Å²) >= 11 is 7.52. The van der Waals surface area contributed by atoms with Crippen LogP contribution in [0.15, 0.2) is 63.9 Å². The lowest BCUT2D eigenvalue weighted by atomic mass is 10.2. The highest BCUT2D eigenvalue weighted by Gasteiger charge is 2.22. The molecular formula is C18H12ClN3O4S2. The van der Waals surface area contributed by atoms with E-state index in [1.807, 2.05) is 24.3 Å². The number of nitrogens with zero attached hydrogens (tertiary/aromatic N) is 2. The van der Waals surface area contributed by atoms with Crippen molar-refractivity contribution in [1.82, 2.24) is 10.2 Å². The van der Waals surface area contributed by atoms with E-state index in [-0.39, 0.29) is 16.8 Å². The molecule has 0 spiro atoms. The first-order chi connectivity index (χ1) is 13.4. The van der Waals surface area contributed by atoms with E-state index in [9.17, 15) is 13.2 Å². The molecule has 0 radical (unpaired) electrons. The second kappa shape index (κ2) is 7.34. The lowest BCUT2D eigenvalue weighted by molar-refractivity contribution is 0.102. The number of fused-ring (bicyclic) bond motifs is 1. The zero-order valence-corrected chi connectivity index (χ0v) is 16.5. The molecule has 7 nitrogen and oxygen atoms in total. The van der Waals surface area contributed by atoms with Crippen LogP contribution in [0, 0.1) is 0 Å². The lowest BCUT2D eigenvalue weighted by Gasteiger charge is -2.00. The first kappa shape index (κ1) is 18.6. The van der Waals surface area contributed by atoms with Gasteiger partial charge in [-0.05, 0) is 18.2 Å². The summed E-state index contributed by atoms with van der Waals surface area (Å²) < 4.78 is 30.9. The second-order valence-corrected chi connectivity index (χ2v) is 9.19. The van der Waals surface area contributed by atoms with Crippen molar-refractivity contribution >= 4 is 54.8 Å². The Kier molecular flexibility index (Phi) is 4.88. The third-order valence-corrected chi connectivity index (χ3v) is 7.14. The minimum atomic E-state index is -3.63. The molecule has 2 aromatic carbocycles. The van der Waals surface area contributed by atoms with Crippen molar-refractivity contribution in [2.45, 2.75) is 10.6 Å². The molecule has 0 saturated heterocycles. The number of carbonyl (C=O) groups excluding carboxylic acids is 1. The van der Waals surface area contributed by atoms with Gasteiger partial charge in [0.25, 0.3) is 5.91 Å². The summed E-state index contributed by atoms with van der Waals surface area (Å²) in [6.07, 6.45) is 0. The van der Waals surface area contributed by atoms with Gasteiger partial charge in [-0.3, -0.25) is 10.1 Å². The van der Waals surface area contributed by atoms with Crippen LogP contribution in [0.25, 0.3) is 10.1 Å². The maximum atomic E-state index is 12.5. The third kappa shape index (κ3) is 3.64. The van der Waals surface area contributed by atoms with E-state index in [1.165, 1.54) is 23.5 Å². The van der Waals surface area contributed by atoms with Crippen LogP contribution in [-0.2, 0) is 15.6 Å². The number of anilines is 1. The Balaban J connectivity index is 1.52. The Morgan fingerprint density at radius 2 is 1.79 bits per heavy atom. The number of aromatic nitrogens is 2. The van der Waals surface area contributed by atoms with Gasteiger partial charge in [-0.15, -0.1) is 16.4 Å². The molecule has 4 aromatic rings. The molecule has 0 bridgehead atoms. The molecule has 10 heteroatoms. The van der Waals surface area contributed by atoms with Gasteiger partial charge in [-0.1, -0.05) is 53.1 Å². The summed E-state index contributed by atoms with van der Waals surface area (Å²) in [5, 5.41) is 11.0. The van der Waals surface area contributed by atoms with Gasteiger partial charge in [0.05, 0.1) is 9.92 Å². The van der Waals surface area contributed by atoms with E-state index < -0.39 is 21.5 Å². The van der Waals surface area contributed by atoms with E-state index in [2.05, 4.69) is 15.5 Å². The van der Waals surface area contributed by atoms with Crippen molar-refractivity contribution < 1.29 is 17.6 Å². The SMILES string of the molecule is O=C(Nc1nnc(CS(=O)(=O)c2ccccc2)o1)c1sc2ccccc2c1Cl. The highest BCUT2D eigenvalue weighted by atomic mass is 35.5. The largest absolute Gasteiger partial charge is 0.407 e. The van der Waals surface area contributed by atoms with Crippen LogP contribution in [0.5, 0.6) is 0 Å². The van der Waals surface area contributed by atoms with E-state index in [0.717, 1.165) is 10.1 Å². The van der Waals surface area contributed by atoms with Crippen LogP contribution in [0.4, 0.5) is 6.01 Å². The van der Waals surface area contributed by atoms with Crippen LogP contribution in [0.3, 0.4) is 0 Å². The number of hydrogen-bond donors (Lipinski definition) is 1. The van der Waals surface area contributed by atoms with Crippen LogP contribution in [-0.4, -0.2) is 24.5 Å². The normalized spacial score (nSPS) is 11.6. The number of sulfone groups is 1. The molecule has 0 aliphatic heterocycles. The minimum Gasteiger partial charge on any atom is -0.407 e. The molecule has 142 valence electrons. The summed E-state index contributed by atoms with van der Waals surface area (Å²) in [7, 11) is -3.63. The average Bonchev–Trinajstić information content (AvgIpc) is 3.26. The summed E-state index contributed by atoms with van der Waals surface area (Å²) in [6, 6.07) is 15.1. The molecule has 0 atom stereocenters. The maximum absolute atomic E-state index is 12.5. The van der Waals surface area contributed by atoms with Crippen molar-refractivity contribution in [3.63, 3.8) is 0 Å². The smallest absolute Gasteiger partial charge is 0.322 e. The van der Waals surface area contributed by atoms with E-state index in [0.29, 0.717) is 9.90 Å². The molecule has 4 rings (SSSR count). The highest BCUT2D eigenvalue weighted by Crippen LogP contribution is 2.35. The molecule has 2 heterocycles. The molecule has 28 heavy (non-hydrogen) atoms. The summed E-state index contributed by atoms with van der Waals surface area (Å²) in [5.41, 5.74) is 0. The van der Waals surface area contributed by atoms with Crippen LogP contribution >= 0.6 is 22.9 Å². The number of halogens is 1. The monoisotopic (exact) mass is 433 g/mol. The summed E-state index contributed by atoms with van der Waals surface area (Å²) in [6.45, 7) is 0. The zero-order valence-electron chi connectivity index (χ0n) is 14.1. The van der Waals surface area contributed by atoms with Gasteiger partial charge < -0.3 is 4.42 Å². The number of rotatable bonds is 5. The molecule has 0 aliphatic carbocycles. The molecule has 1 N–H and O–H groups in total. The van der Waals surface area contributed by atoms with Gasteiger partial charge in [-0.25, -0.2) is 8.42 Å². The van der Waals surface area contributed by atoms with Crippen molar-refractivity contribution in [2.24, 2.45) is 0 Å². The molecule has 1 amide bonds. The van der Waals surface area contributed by atoms with Gasteiger partial charge >= 0.3 is 6.01 Å². The lowest BCUT2D eigenvalue weighted by Crippen LogP contribution is -2.10. The second-order valence-electron chi connectivity index (χ2n) is 5.77. The van der Waals surface area contributed by atoms with Crippen LogP contribution in [0.2, 0.25) is 5.02 Å². The number of amides is 1. The van der Waals surface area contributed by atoms with E-state index >= 15 is 0 Å². The fourth-order valence-electron chi connectivity index (χ4n) is 2.55. The fourth-order valence-corrected chi connectivity index (χ4v) is 5.14. The molecule has 2 aromatic heterocycles. The van der Waals surface area contributed by atoms with Crippen LogP contribution < -0.4 is 5.32 Å². The van der Waals surface area contributed by atoms with Gasteiger partial charge in [0.15, 0.2) is 9.84 Å². The first-order valence-electron chi connectivity index (χ1n) is 8.02. The Morgan fingerprint density at radius 1 is 1.07 bits per heavy atom. The Labute approximate surface area is 168 Å². The quantitative estimate of drug-likeness (QED) is 0.507. The Morgan fingerprint density at radius 3 is 2.54 bits per heavy atom. The van der Waals surface area contributed by atoms with Crippen molar-refractivity contribution in [2.75, 3.05) is 5.32 Å². The van der Waals surface area contributed by atoms with Gasteiger partial charge in [-0.2, -0.15) is 0 Å². The zero-order chi connectivity index (χ0) is 19.7. The highest BCUT2D eigenvalue weighted by molar-refractivity contribution is 7.90. The molecule has 0 unspecified atom stereocenters. The minimum absolute atomic E-state index is 0.124. The van der Waals surface area contributed by atoms with Crippen molar-refractivity contribution in [3.05, 3.63) is 70.4 Å². The van der Waals surface area contributed by atoms with Crippen molar-refractivity contribution in [3.8, 4) is 0 Å². The fraction of sp³-hybridized carbons (Fsp3) is 0.0556. The Bertz CT molecular complexity index is 1270. The number of carbonyl (C=O) groups is 1. The first-order valence-corrected chi connectivity index (χ1v) is 10.9. The number of nitrogens with one attached hydrogen (secondary N) is 1. The summed E-state index contributed by atoms with van der Waals surface area (Å²) in [5.74, 6) is -1.10. The van der Waals surface area contributed by atoms with Gasteiger partial charge in [0, 0.05) is 10.1 Å². The molecule has 0 aliphatic rings. The van der Waals surface area contributed by atoms with Gasteiger partial charge in [0.2, 0.25) is 5.89 Å². The van der Waals surface area contributed by atoms with Crippen molar-refractivity contribution in [1.29, 1.82) is 0 Å². The third-order valence-electron chi connectivity index (χ3n) is 3.84.